The number of carbonyl (C=O) groups is 1. The van der Waals surface area contributed by atoms with E-state index in [1.165, 1.54) is 16.8 Å². The molecule has 11 heteroatoms. The van der Waals surface area contributed by atoms with Crippen molar-refractivity contribution < 1.29 is 18.0 Å². The lowest BCUT2D eigenvalue weighted by molar-refractivity contribution is -0.137. The predicted octanol–water partition coefficient (Wildman–Crippen LogP) is 1.49. The number of carbonyl (C=O) groups excluding carboxylic acids is 1. The number of aryl methyl sites for hydroxylation is 2. The van der Waals surface area contributed by atoms with Crippen molar-refractivity contribution in [1.29, 1.82) is 0 Å². The topological polar surface area (TPSA) is 94.7 Å². The van der Waals surface area contributed by atoms with E-state index in [2.05, 4.69) is 20.7 Å². The summed E-state index contributed by atoms with van der Waals surface area (Å²) in [5.74, 6) is -0.837. The molecule has 1 aromatic carbocycles. The number of benzene rings is 1. The van der Waals surface area contributed by atoms with Crippen molar-refractivity contribution in [2.75, 3.05) is 5.32 Å². The summed E-state index contributed by atoms with van der Waals surface area (Å²) >= 11 is 0. The Morgan fingerprint density at radius 3 is 2.65 bits per heavy atom. The molecule has 0 aliphatic rings. The average Bonchev–Trinajstić information content (AvgIpc) is 2.84. The molecular formula is C15H13F3N6O2. The molecule has 0 aliphatic carbocycles. The van der Waals surface area contributed by atoms with Crippen LogP contribution < -0.4 is 10.9 Å². The molecule has 3 rings (SSSR count). The van der Waals surface area contributed by atoms with Crippen molar-refractivity contribution in [3.05, 3.63) is 45.9 Å². The van der Waals surface area contributed by atoms with Crippen molar-refractivity contribution in [1.82, 2.24) is 24.8 Å². The number of aromatic nitrogens is 5. The van der Waals surface area contributed by atoms with Gasteiger partial charge in [0.15, 0.2) is 5.52 Å². The highest BCUT2D eigenvalue weighted by Crippen LogP contribution is 2.34. The van der Waals surface area contributed by atoms with E-state index < -0.39 is 35.4 Å². The van der Waals surface area contributed by atoms with Gasteiger partial charge in [-0.25, -0.2) is 0 Å². The summed E-state index contributed by atoms with van der Waals surface area (Å²) in [6.45, 7) is 1.07. The van der Waals surface area contributed by atoms with Crippen molar-refractivity contribution in [2.45, 2.75) is 19.6 Å². The fraction of sp³-hybridized carbons (Fsp3) is 0.267. The summed E-state index contributed by atoms with van der Waals surface area (Å²) in [6, 6.07) is 4.56. The monoisotopic (exact) mass is 366 g/mol. The lowest BCUT2D eigenvalue weighted by atomic mass is 10.1. The van der Waals surface area contributed by atoms with E-state index in [4.69, 9.17) is 0 Å². The first-order valence-electron chi connectivity index (χ1n) is 7.41. The molecule has 0 fully saturated rings. The molecule has 136 valence electrons. The molecule has 26 heavy (non-hydrogen) atoms. The highest BCUT2D eigenvalue weighted by molar-refractivity contribution is 5.91. The van der Waals surface area contributed by atoms with Gasteiger partial charge in [-0.3, -0.25) is 14.3 Å². The summed E-state index contributed by atoms with van der Waals surface area (Å²) in [5.41, 5.74) is -1.04. The van der Waals surface area contributed by atoms with Crippen LogP contribution in [0.1, 0.15) is 11.3 Å². The van der Waals surface area contributed by atoms with Crippen LogP contribution in [0.3, 0.4) is 0 Å². The van der Waals surface area contributed by atoms with Crippen molar-refractivity contribution in [3.63, 3.8) is 0 Å². The molecule has 2 aromatic heterocycles. The zero-order chi connectivity index (χ0) is 19.1. The number of rotatable bonds is 3. The molecule has 1 N–H and O–H groups in total. The van der Waals surface area contributed by atoms with Crippen LogP contribution in [0.25, 0.3) is 11.0 Å². The first-order valence-corrected chi connectivity index (χ1v) is 7.41. The van der Waals surface area contributed by atoms with Gasteiger partial charge in [0.1, 0.15) is 12.1 Å². The minimum atomic E-state index is -4.62. The number of hydrogen-bond acceptors (Lipinski definition) is 5. The Labute approximate surface area is 144 Å². The SMILES string of the molecule is Cc1nn(C)c2c(=O)n(CC(=O)Nc3ccccc3C(F)(F)F)nnc12. The van der Waals surface area contributed by atoms with Crippen molar-refractivity contribution in [2.24, 2.45) is 7.05 Å². The Balaban J connectivity index is 1.88. The quantitative estimate of drug-likeness (QED) is 0.758. The molecule has 0 radical (unpaired) electrons. The third kappa shape index (κ3) is 3.15. The molecular weight excluding hydrogens is 353 g/mol. The molecule has 0 unspecified atom stereocenters. The first kappa shape index (κ1) is 17.6. The maximum Gasteiger partial charge on any atom is 0.418 e. The number of nitrogens with one attached hydrogen (secondary N) is 1. The van der Waals surface area contributed by atoms with Crippen molar-refractivity contribution >= 4 is 22.6 Å². The van der Waals surface area contributed by atoms with Crippen LogP contribution in [0.2, 0.25) is 0 Å². The van der Waals surface area contributed by atoms with Gasteiger partial charge >= 0.3 is 6.18 Å². The number of halogens is 3. The average molecular weight is 366 g/mol. The van der Waals surface area contributed by atoms with Crippen LogP contribution in [-0.2, 0) is 24.6 Å². The Hall–Kier alpha value is -3.24. The zero-order valence-electron chi connectivity index (χ0n) is 13.7. The van der Waals surface area contributed by atoms with Gasteiger partial charge in [0.05, 0.1) is 16.9 Å². The number of hydrogen-bond donors (Lipinski definition) is 1. The van der Waals surface area contributed by atoms with Gasteiger partial charge in [-0.15, -0.1) is 5.10 Å². The van der Waals surface area contributed by atoms with Gasteiger partial charge in [-0.05, 0) is 19.1 Å². The van der Waals surface area contributed by atoms with Crippen LogP contribution >= 0.6 is 0 Å². The van der Waals surface area contributed by atoms with E-state index in [1.807, 2.05) is 0 Å². The van der Waals surface area contributed by atoms with Crippen LogP contribution in [0.15, 0.2) is 29.1 Å². The summed E-state index contributed by atoms with van der Waals surface area (Å²) in [7, 11) is 1.54. The molecule has 0 bridgehead atoms. The first-order chi connectivity index (χ1) is 12.2. The Kier molecular flexibility index (Phi) is 4.22. The Morgan fingerprint density at radius 1 is 1.27 bits per heavy atom. The molecule has 2 heterocycles. The fourth-order valence-electron chi connectivity index (χ4n) is 2.54. The second-order valence-corrected chi connectivity index (χ2v) is 5.55. The van der Waals surface area contributed by atoms with E-state index >= 15 is 0 Å². The third-order valence-corrected chi connectivity index (χ3v) is 3.68. The largest absolute Gasteiger partial charge is 0.418 e. The molecule has 0 saturated heterocycles. The lowest BCUT2D eigenvalue weighted by Gasteiger charge is -2.13. The number of nitrogens with zero attached hydrogens (tertiary/aromatic N) is 5. The number of amides is 1. The highest BCUT2D eigenvalue weighted by atomic mass is 19.4. The summed E-state index contributed by atoms with van der Waals surface area (Å²) in [5, 5.41) is 13.7. The summed E-state index contributed by atoms with van der Waals surface area (Å²) in [6.07, 6.45) is -4.62. The molecule has 0 saturated carbocycles. The van der Waals surface area contributed by atoms with Crippen molar-refractivity contribution in [3.8, 4) is 0 Å². The number of alkyl halides is 3. The van der Waals surface area contributed by atoms with E-state index in [9.17, 15) is 22.8 Å². The molecule has 0 aliphatic heterocycles. The summed E-state index contributed by atoms with van der Waals surface area (Å²) in [4.78, 5) is 24.5. The van der Waals surface area contributed by atoms with E-state index in [0.29, 0.717) is 11.2 Å². The second-order valence-electron chi connectivity index (χ2n) is 5.55. The highest BCUT2D eigenvalue weighted by Gasteiger charge is 2.33. The Morgan fingerprint density at radius 2 is 1.96 bits per heavy atom. The van der Waals surface area contributed by atoms with Crippen LogP contribution in [0.5, 0.6) is 0 Å². The minimum absolute atomic E-state index is 0.154. The third-order valence-electron chi connectivity index (χ3n) is 3.68. The maximum atomic E-state index is 13.0. The van der Waals surface area contributed by atoms with E-state index in [1.54, 1.807) is 14.0 Å². The van der Waals surface area contributed by atoms with Gasteiger partial charge < -0.3 is 5.32 Å². The lowest BCUT2D eigenvalue weighted by Crippen LogP contribution is -2.31. The van der Waals surface area contributed by atoms with E-state index in [-0.39, 0.29) is 5.52 Å². The Bertz CT molecular complexity index is 1050. The second kappa shape index (κ2) is 6.24. The van der Waals surface area contributed by atoms with Gasteiger partial charge in [-0.2, -0.15) is 23.0 Å². The molecule has 1 amide bonds. The normalized spacial score (nSPS) is 11.7. The van der Waals surface area contributed by atoms with Gasteiger partial charge in [0.25, 0.3) is 5.56 Å². The maximum absolute atomic E-state index is 13.0. The van der Waals surface area contributed by atoms with Crippen LogP contribution in [-0.4, -0.2) is 30.7 Å². The smallest absolute Gasteiger partial charge is 0.324 e. The van der Waals surface area contributed by atoms with Gasteiger partial charge in [0.2, 0.25) is 5.91 Å². The zero-order valence-corrected chi connectivity index (χ0v) is 13.7. The van der Waals surface area contributed by atoms with E-state index in [0.717, 1.165) is 16.8 Å². The minimum Gasteiger partial charge on any atom is -0.324 e. The van der Waals surface area contributed by atoms with Gasteiger partial charge in [0, 0.05) is 7.05 Å². The molecule has 3 aromatic rings. The number of anilines is 1. The van der Waals surface area contributed by atoms with Crippen LogP contribution in [0.4, 0.5) is 18.9 Å². The fourth-order valence-corrected chi connectivity index (χ4v) is 2.54. The number of fused-ring (bicyclic) bond motifs is 1. The summed E-state index contributed by atoms with van der Waals surface area (Å²) < 4.78 is 41.0. The molecule has 0 spiro atoms. The standard InChI is InChI=1S/C15H13F3N6O2/c1-8-12-13(23(2)21-8)14(26)24(22-20-12)7-11(25)19-10-6-4-3-5-9(10)15(16,17)18/h3-6H,7H2,1-2H3,(H,19,25). The molecule has 8 nitrogen and oxygen atoms in total. The number of para-hydroxylation sites is 1. The van der Waals surface area contributed by atoms with Gasteiger partial charge in [-0.1, -0.05) is 17.3 Å². The van der Waals surface area contributed by atoms with Crippen LogP contribution in [0, 0.1) is 6.92 Å². The predicted molar refractivity (Wildman–Crippen MR) is 85.4 cm³/mol. The molecule has 0 atom stereocenters.